The summed E-state index contributed by atoms with van der Waals surface area (Å²) < 4.78 is 33.6. The van der Waals surface area contributed by atoms with Crippen LogP contribution in [0.15, 0.2) is 54.6 Å². The third-order valence-corrected chi connectivity index (χ3v) is 9.08. The SMILES string of the molecule is Cc1[nH]c(/C=C2\C(=O)Nc3ccc(F)cc32)c(C)c1CCC(=O)NC(C/C=C/c1ccccc1)C(=O)NCCCCC(CO)CO[PH](=O)OO. The minimum Gasteiger partial charge on any atom is -0.396 e. The van der Waals surface area contributed by atoms with Crippen LogP contribution in [0.2, 0.25) is 0 Å². The maximum atomic E-state index is 13.9. The van der Waals surface area contributed by atoms with E-state index in [4.69, 9.17) is 9.78 Å². The summed E-state index contributed by atoms with van der Waals surface area (Å²) in [5, 5.41) is 26.4. The van der Waals surface area contributed by atoms with E-state index in [-0.39, 0.29) is 49.7 Å². The van der Waals surface area contributed by atoms with E-state index < -0.39 is 20.1 Å². The highest BCUT2D eigenvalue weighted by atomic mass is 31.1. The zero-order chi connectivity index (χ0) is 36.0. The molecule has 3 atom stereocenters. The number of hydrogen-bond acceptors (Lipinski definition) is 8. The third kappa shape index (κ3) is 11.1. The van der Waals surface area contributed by atoms with Crippen LogP contribution in [0, 0.1) is 25.6 Å². The molecule has 1 aliphatic rings. The summed E-state index contributed by atoms with van der Waals surface area (Å²) in [4.78, 5) is 42.3. The Labute approximate surface area is 291 Å². The van der Waals surface area contributed by atoms with Crippen molar-refractivity contribution in [3.63, 3.8) is 0 Å². The van der Waals surface area contributed by atoms with Gasteiger partial charge in [0.25, 0.3) is 5.91 Å². The van der Waals surface area contributed by atoms with Crippen molar-refractivity contribution in [2.75, 3.05) is 25.1 Å². The lowest BCUT2D eigenvalue weighted by molar-refractivity contribution is -0.142. The summed E-state index contributed by atoms with van der Waals surface area (Å²) in [5.74, 6) is -1.68. The van der Waals surface area contributed by atoms with Crippen molar-refractivity contribution in [1.82, 2.24) is 15.6 Å². The Morgan fingerprint density at radius 2 is 1.90 bits per heavy atom. The van der Waals surface area contributed by atoms with Gasteiger partial charge in [0.15, 0.2) is 0 Å². The molecule has 14 heteroatoms. The Bertz CT molecular complexity index is 1730. The van der Waals surface area contributed by atoms with Gasteiger partial charge in [-0.25, -0.2) is 9.65 Å². The van der Waals surface area contributed by atoms with Gasteiger partial charge in [-0.15, -0.1) is 0 Å². The predicted molar refractivity (Wildman–Crippen MR) is 190 cm³/mol. The largest absolute Gasteiger partial charge is 0.396 e. The molecule has 2 heterocycles. The molecule has 50 heavy (non-hydrogen) atoms. The first kappa shape index (κ1) is 38.4. The van der Waals surface area contributed by atoms with E-state index in [9.17, 15) is 28.4 Å². The van der Waals surface area contributed by atoms with Crippen molar-refractivity contribution < 1.29 is 42.9 Å². The first-order valence-electron chi connectivity index (χ1n) is 16.5. The Hall–Kier alpha value is -4.39. The standard InChI is InChI=1S/C36H44FN4O8P/c1-23-28(24(2)39-33(23)20-30-29-19-27(37)14-16-31(29)41-35(30)44)15-17-34(43)40-32(13-8-12-25-9-4-3-5-10-25)36(45)38-18-7-6-11-26(21-42)22-48-50(47)49-46/h3-5,8-10,12,14,16,19-20,26,32,39,42,46,50H,6-7,11,13,15,17-18,21-22H2,1-2H3,(H,38,45)(H,40,43)(H,41,44)/b12-8+,30-20-. The van der Waals surface area contributed by atoms with Crippen molar-refractivity contribution >= 4 is 49.4 Å². The van der Waals surface area contributed by atoms with Crippen molar-refractivity contribution in [2.45, 2.75) is 58.4 Å². The quantitative estimate of drug-likeness (QED) is 0.0307. The van der Waals surface area contributed by atoms with Crippen molar-refractivity contribution in [2.24, 2.45) is 5.92 Å². The molecule has 3 aromatic rings. The van der Waals surface area contributed by atoms with E-state index in [2.05, 4.69) is 25.6 Å². The van der Waals surface area contributed by atoms with E-state index in [1.165, 1.54) is 18.2 Å². The van der Waals surface area contributed by atoms with Crippen molar-refractivity contribution in [1.29, 1.82) is 0 Å². The molecule has 3 amide bonds. The van der Waals surface area contributed by atoms with Gasteiger partial charge in [0.2, 0.25) is 11.8 Å². The Kier molecular flexibility index (Phi) is 14.7. The average Bonchev–Trinajstić information content (AvgIpc) is 3.56. The molecule has 0 aliphatic carbocycles. The average molecular weight is 711 g/mol. The number of hydrogen-bond donors (Lipinski definition) is 6. The normalized spacial score (nSPS) is 15.1. The molecule has 2 aromatic carbocycles. The van der Waals surface area contributed by atoms with E-state index in [1.807, 2.05) is 56.3 Å². The highest BCUT2D eigenvalue weighted by molar-refractivity contribution is 7.33. The number of H-pyrrole nitrogens is 1. The number of fused-ring (bicyclic) bond motifs is 1. The summed E-state index contributed by atoms with van der Waals surface area (Å²) in [7, 11) is -2.99. The van der Waals surface area contributed by atoms with E-state index >= 15 is 0 Å². The van der Waals surface area contributed by atoms with Crippen molar-refractivity contribution in [3.8, 4) is 0 Å². The van der Waals surface area contributed by atoms with Crippen LogP contribution in [-0.2, 0) is 34.6 Å². The van der Waals surface area contributed by atoms with Gasteiger partial charge >= 0.3 is 8.25 Å². The first-order valence-corrected chi connectivity index (χ1v) is 17.7. The molecule has 0 saturated carbocycles. The van der Waals surface area contributed by atoms with Gasteiger partial charge in [0.1, 0.15) is 11.9 Å². The Morgan fingerprint density at radius 1 is 1.12 bits per heavy atom. The van der Waals surface area contributed by atoms with Gasteiger partial charge in [0, 0.05) is 48.1 Å². The molecule has 4 rings (SSSR count). The van der Waals surface area contributed by atoms with Crippen LogP contribution in [-0.4, -0.2) is 58.9 Å². The molecular weight excluding hydrogens is 666 g/mol. The molecule has 12 nitrogen and oxygen atoms in total. The minimum absolute atomic E-state index is 0.0309. The second kappa shape index (κ2) is 19.1. The summed E-state index contributed by atoms with van der Waals surface area (Å²) in [6.07, 6.45) is 7.99. The summed E-state index contributed by atoms with van der Waals surface area (Å²) in [5.41, 5.74) is 5.65. The molecule has 0 radical (unpaired) electrons. The maximum absolute atomic E-state index is 13.9. The van der Waals surface area contributed by atoms with Crippen LogP contribution < -0.4 is 16.0 Å². The zero-order valence-corrected chi connectivity index (χ0v) is 29.1. The fourth-order valence-electron chi connectivity index (χ4n) is 5.76. The number of halogens is 1. The maximum Gasteiger partial charge on any atom is 0.346 e. The third-order valence-electron chi connectivity index (χ3n) is 8.53. The lowest BCUT2D eigenvalue weighted by Gasteiger charge is -2.18. The number of nitrogens with one attached hydrogen (secondary N) is 4. The van der Waals surface area contributed by atoms with Gasteiger partial charge < -0.3 is 30.6 Å². The number of rotatable bonds is 19. The smallest absolute Gasteiger partial charge is 0.346 e. The Morgan fingerprint density at radius 3 is 2.64 bits per heavy atom. The van der Waals surface area contributed by atoms with Crippen LogP contribution in [0.25, 0.3) is 17.7 Å². The number of amides is 3. The fraction of sp³-hybridized carbons (Fsp3) is 0.361. The molecule has 6 N–H and O–H groups in total. The molecule has 1 aromatic heterocycles. The number of anilines is 1. The Balaban J connectivity index is 1.35. The molecule has 1 aliphatic heterocycles. The second-order valence-electron chi connectivity index (χ2n) is 12.1. The highest BCUT2D eigenvalue weighted by Crippen LogP contribution is 2.34. The van der Waals surface area contributed by atoms with Crippen LogP contribution in [0.3, 0.4) is 0 Å². The van der Waals surface area contributed by atoms with Crippen LogP contribution >= 0.6 is 8.25 Å². The summed E-state index contributed by atoms with van der Waals surface area (Å²) in [6, 6.07) is 12.9. The number of aliphatic hydroxyl groups excluding tert-OH is 1. The predicted octanol–water partition coefficient (Wildman–Crippen LogP) is 5.58. The lowest BCUT2D eigenvalue weighted by Crippen LogP contribution is -2.46. The lowest BCUT2D eigenvalue weighted by atomic mass is 10.0. The molecule has 0 bridgehead atoms. The van der Waals surface area contributed by atoms with E-state index in [1.54, 1.807) is 6.08 Å². The zero-order valence-electron chi connectivity index (χ0n) is 28.1. The topological polar surface area (TPSA) is 179 Å². The molecule has 3 unspecified atom stereocenters. The van der Waals surface area contributed by atoms with Gasteiger partial charge in [-0.2, -0.15) is 4.67 Å². The van der Waals surface area contributed by atoms with Crippen LogP contribution in [0.5, 0.6) is 0 Å². The number of aromatic amines is 1. The number of unbranched alkanes of at least 4 members (excludes halogenated alkanes) is 1. The molecule has 0 spiro atoms. The molecule has 268 valence electrons. The summed E-state index contributed by atoms with van der Waals surface area (Å²) >= 11 is 0. The van der Waals surface area contributed by atoms with E-state index in [0.29, 0.717) is 54.7 Å². The monoisotopic (exact) mass is 710 g/mol. The van der Waals surface area contributed by atoms with Crippen molar-refractivity contribution in [3.05, 3.63) is 94.1 Å². The first-order chi connectivity index (χ1) is 24.1. The van der Waals surface area contributed by atoms with E-state index in [0.717, 1.165) is 22.4 Å². The number of aryl methyl sites for hydroxylation is 1. The number of aliphatic hydroxyl groups is 1. The molecular formula is C36H44FN4O8P. The number of carbonyl (C=O) groups is 3. The fourth-order valence-corrected chi connectivity index (χ4v) is 6.18. The highest BCUT2D eigenvalue weighted by Gasteiger charge is 2.26. The van der Waals surface area contributed by atoms with Crippen LogP contribution in [0.1, 0.15) is 65.7 Å². The van der Waals surface area contributed by atoms with Gasteiger partial charge in [-0.05, 0) is 80.5 Å². The molecule has 0 saturated heterocycles. The molecule has 0 fully saturated rings. The second-order valence-corrected chi connectivity index (χ2v) is 13.1. The minimum atomic E-state index is -2.99. The van der Waals surface area contributed by atoms with Gasteiger partial charge in [0.05, 0.1) is 12.2 Å². The summed E-state index contributed by atoms with van der Waals surface area (Å²) in [6.45, 7) is 3.90. The number of aromatic nitrogens is 1. The van der Waals surface area contributed by atoms with Crippen LogP contribution in [0.4, 0.5) is 10.1 Å². The number of carbonyl (C=O) groups excluding carboxylic acids is 3. The van der Waals surface area contributed by atoms with Gasteiger partial charge in [-0.1, -0.05) is 48.9 Å². The number of benzene rings is 2. The van der Waals surface area contributed by atoms with Gasteiger partial charge in [-0.3, -0.25) is 18.9 Å².